The minimum absolute atomic E-state index is 0.0352. The summed E-state index contributed by atoms with van der Waals surface area (Å²) < 4.78 is 26.5. The highest BCUT2D eigenvalue weighted by atomic mass is 19.1. The zero-order valence-corrected chi connectivity index (χ0v) is 10.5. The number of carbonyl (C=O) groups is 2. The first-order valence-corrected chi connectivity index (χ1v) is 5.73. The summed E-state index contributed by atoms with van der Waals surface area (Å²) in [7, 11) is 0. The van der Waals surface area contributed by atoms with Crippen LogP contribution in [0.1, 0.15) is 20.3 Å². The Bertz CT molecular complexity index is 584. The molecular weight excluding hydrogens is 254 g/mol. The van der Waals surface area contributed by atoms with Crippen molar-refractivity contribution in [2.24, 2.45) is 11.0 Å². The van der Waals surface area contributed by atoms with Crippen molar-refractivity contribution in [2.75, 3.05) is 5.01 Å². The second-order valence-electron chi connectivity index (χ2n) is 4.45. The van der Waals surface area contributed by atoms with Gasteiger partial charge in [0.15, 0.2) is 5.82 Å². The molecule has 0 fully saturated rings. The van der Waals surface area contributed by atoms with E-state index in [-0.39, 0.29) is 17.9 Å². The molecule has 0 radical (unpaired) electrons. The summed E-state index contributed by atoms with van der Waals surface area (Å²) in [4.78, 5) is 23.2. The summed E-state index contributed by atoms with van der Waals surface area (Å²) in [5.74, 6) is -2.88. The summed E-state index contributed by atoms with van der Waals surface area (Å²) in [5.41, 5.74) is 0.334. The summed E-state index contributed by atoms with van der Waals surface area (Å²) >= 11 is 0. The number of halogens is 2. The Morgan fingerprint density at radius 2 is 2.11 bits per heavy atom. The number of Topliss-reactive ketones (excluding diaryl/α,β-unsaturated/α-hetero) is 1. The zero-order chi connectivity index (χ0) is 14.2. The van der Waals surface area contributed by atoms with Crippen LogP contribution in [-0.2, 0) is 9.59 Å². The molecule has 1 aliphatic rings. The Kier molecular flexibility index (Phi) is 3.42. The molecule has 0 aromatic heterocycles. The molecule has 100 valence electrons. The predicted molar refractivity (Wildman–Crippen MR) is 65.7 cm³/mol. The van der Waals surface area contributed by atoms with E-state index in [1.807, 2.05) is 0 Å². The Hall–Kier alpha value is -2.11. The van der Waals surface area contributed by atoms with Gasteiger partial charge < -0.3 is 0 Å². The van der Waals surface area contributed by atoms with E-state index in [2.05, 4.69) is 5.10 Å². The molecule has 1 aliphatic heterocycles. The van der Waals surface area contributed by atoms with Gasteiger partial charge in [0.25, 0.3) is 5.91 Å². The summed E-state index contributed by atoms with van der Waals surface area (Å²) in [6, 6.07) is 2.89. The van der Waals surface area contributed by atoms with Gasteiger partial charge in [-0.2, -0.15) is 10.1 Å². The highest BCUT2D eigenvalue weighted by Crippen LogP contribution is 2.28. The lowest BCUT2D eigenvalue weighted by Crippen LogP contribution is -2.28. The van der Waals surface area contributed by atoms with Crippen molar-refractivity contribution in [3.8, 4) is 0 Å². The van der Waals surface area contributed by atoms with Gasteiger partial charge in [-0.25, -0.2) is 8.78 Å². The molecule has 1 aromatic rings. The van der Waals surface area contributed by atoms with Crippen LogP contribution in [0.2, 0.25) is 0 Å². The van der Waals surface area contributed by atoms with Gasteiger partial charge in [-0.05, 0) is 26.0 Å². The van der Waals surface area contributed by atoms with Crippen LogP contribution in [-0.4, -0.2) is 17.4 Å². The number of nitrogens with zero attached hydrogens (tertiary/aromatic N) is 2. The number of ketones is 1. The van der Waals surface area contributed by atoms with Crippen molar-refractivity contribution < 1.29 is 18.4 Å². The van der Waals surface area contributed by atoms with E-state index >= 15 is 0 Å². The van der Waals surface area contributed by atoms with Crippen LogP contribution in [0.5, 0.6) is 0 Å². The minimum atomic E-state index is -0.867. The fourth-order valence-electron chi connectivity index (χ4n) is 1.95. The molecule has 19 heavy (non-hydrogen) atoms. The van der Waals surface area contributed by atoms with Gasteiger partial charge in [-0.1, -0.05) is 0 Å². The maximum Gasteiger partial charge on any atom is 0.256 e. The lowest BCUT2D eigenvalue weighted by atomic mass is 9.98. The first-order valence-electron chi connectivity index (χ1n) is 5.73. The van der Waals surface area contributed by atoms with Crippen molar-refractivity contribution in [1.82, 2.24) is 0 Å². The minimum Gasteiger partial charge on any atom is -0.300 e. The number of hydrazone groups is 1. The fraction of sp³-hybridized carbons (Fsp3) is 0.308. The lowest BCUT2D eigenvalue weighted by molar-refractivity contribution is -0.124. The van der Waals surface area contributed by atoms with E-state index in [0.717, 1.165) is 17.1 Å². The molecular formula is C13H12F2N2O2. The normalized spacial score (nSPS) is 18.7. The van der Waals surface area contributed by atoms with Crippen molar-refractivity contribution in [2.45, 2.75) is 20.3 Å². The third kappa shape index (κ3) is 2.52. The van der Waals surface area contributed by atoms with E-state index in [4.69, 9.17) is 0 Å². The van der Waals surface area contributed by atoms with Gasteiger partial charge in [-0.15, -0.1) is 0 Å². The van der Waals surface area contributed by atoms with Gasteiger partial charge >= 0.3 is 0 Å². The van der Waals surface area contributed by atoms with Crippen LogP contribution >= 0.6 is 0 Å². The van der Waals surface area contributed by atoms with Crippen LogP contribution in [0.25, 0.3) is 0 Å². The van der Waals surface area contributed by atoms with Gasteiger partial charge in [0, 0.05) is 18.2 Å². The van der Waals surface area contributed by atoms with E-state index in [9.17, 15) is 18.4 Å². The van der Waals surface area contributed by atoms with E-state index in [1.165, 1.54) is 6.92 Å². The van der Waals surface area contributed by atoms with Crippen molar-refractivity contribution in [3.05, 3.63) is 29.8 Å². The molecule has 0 saturated heterocycles. The van der Waals surface area contributed by atoms with Crippen molar-refractivity contribution in [3.63, 3.8) is 0 Å². The van der Waals surface area contributed by atoms with Crippen LogP contribution in [0.15, 0.2) is 23.3 Å². The Balaban J connectivity index is 2.33. The predicted octanol–water partition coefficient (Wildman–Crippen LogP) is 2.28. The summed E-state index contributed by atoms with van der Waals surface area (Å²) in [6.45, 7) is 2.98. The third-order valence-corrected chi connectivity index (χ3v) is 2.90. The molecule has 1 heterocycles. The molecule has 0 N–H and O–H groups in total. The van der Waals surface area contributed by atoms with Crippen LogP contribution in [0.3, 0.4) is 0 Å². The average molecular weight is 266 g/mol. The number of amides is 1. The highest BCUT2D eigenvalue weighted by molar-refractivity contribution is 6.16. The van der Waals surface area contributed by atoms with E-state index in [1.54, 1.807) is 6.92 Å². The standard InChI is InChI=1S/C13H12F2N2O2/c1-7(18)5-10-8(2)16-17(13(10)19)12-4-3-9(14)6-11(12)15/h3-4,6,10H,5H2,1-2H3. The molecule has 0 bridgehead atoms. The zero-order valence-electron chi connectivity index (χ0n) is 10.5. The Morgan fingerprint density at radius 1 is 1.42 bits per heavy atom. The molecule has 0 spiro atoms. The second-order valence-corrected chi connectivity index (χ2v) is 4.45. The molecule has 1 amide bonds. The Labute approximate surface area is 108 Å². The molecule has 2 rings (SSSR count). The molecule has 6 heteroatoms. The number of anilines is 1. The molecule has 4 nitrogen and oxygen atoms in total. The first kappa shape index (κ1) is 13.3. The average Bonchev–Trinajstić information content (AvgIpc) is 2.57. The number of carbonyl (C=O) groups excluding carboxylic acids is 2. The monoisotopic (exact) mass is 266 g/mol. The van der Waals surface area contributed by atoms with Gasteiger partial charge in [0.1, 0.15) is 17.3 Å². The molecule has 0 aliphatic carbocycles. The largest absolute Gasteiger partial charge is 0.300 e. The fourth-order valence-corrected chi connectivity index (χ4v) is 1.95. The smallest absolute Gasteiger partial charge is 0.256 e. The summed E-state index contributed by atoms with van der Waals surface area (Å²) in [6.07, 6.45) is 0.0352. The third-order valence-electron chi connectivity index (χ3n) is 2.90. The number of rotatable bonds is 3. The number of hydrogen-bond donors (Lipinski definition) is 0. The maximum absolute atomic E-state index is 13.6. The summed E-state index contributed by atoms with van der Waals surface area (Å²) in [5, 5.41) is 4.84. The van der Waals surface area contributed by atoms with Crippen molar-refractivity contribution in [1.29, 1.82) is 0 Å². The number of hydrogen-bond acceptors (Lipinski definition) is 3. The molecule has 0 saturated carbocycles. The first-order chi connectivity index (χ1) is 8.90. The second kappa shape index (κ2) is 4.87. The van der Waals surface area contributed by atoms with E-state index in [0.29, 0.717) is 11.8 Å². The highest BCUT2D eigenvalue weighted by Gasteiger charge is 2.36. The molecule has 1 unspecified atom stereocenters. The number of benzene rings is 1. The lowest BCUT2D eigenvalue weighted by Gasteiger charge is -2.14. The van der Waals surface area contributed by atoms with Crippen LogP contribution in [0.4, 0.5) is 14.5 Å². The topological polar surface area (TPSA) is 49.7 Å². The van der Waals surface area contributed by atoms with Crippen LogP contribution in [0, 0.1) is 17.6 Å². The van der Waals surface area contributed by atoms with Gasteiger partial charge in [0.2, 0.25) is 0 Å². The Morgan fingerprint density at radius 3 is 2.68 bits per heavy atom. The van der Waals surface area contributed by atoms with Crippen molar-refractivity contribution >= 4 is 23.1 Å². The maximum atomic E-state index is 13.6. The molecule has 1 aromatic carbocycles. The van der Waals surface area contributed by atoms with Gasteiger partial charge in [0.05, 0.1) is 5.92 Å². The molecule has 1 atom stereocenters. The van der Waals surface area contributed by atoms with E-state index < -0.39 is 23.5 Å². The van der Waals surface area contributed by atoms with Crippen LogP contribution < -0.4 is 5.01 Å². The quantitative estimate of drug-likeness (QED) is 0.842. The van der Waals surface area contributed by atoms with Gasteiger partial charge in [-0.3, -0.25) is 9.59 Å². The SMILES string of the molecule is CC(=O)CC1C(=O)N(c2ccc(F)cc2F)N=C1C.